The number of benzene rings is 2. The van der Waals surface area contributed by atoms with Crippen molar-refractivity contribution in [2.24, 2.45) is 0 Å². The zero-order chi connectivity index (χ0) is 18.9. The quantitative estimate of drug-likeness (QED) is 0.843. The molecule has 2 aromatic rings. The Hall–Kier alpha value is -1.89. The van der Waals surface area contributed by atoms with Crippen LogP contribution in [-0.2, 0) is 22.0 Å². The molecular formula is C20H25NO4S. The van der Waals surface area contributed by atoms with Gasteiger partial charge in [0.2, 0.25) is 10.0 Å². The highest BCUT2D eigenvalue weighted by Crippen LogP contribution is 2.36. The van der Waals surface area contributed by atoms with Gasteiger partial charge in [-0.2, -0.15) is 0 Å². The highest BCUT2D eigenvalue weighted by Gasteiger charge is 2.35. The Labute approximate surface area is 155 Å². The van der Waals surface area contributed by atoms with Gasteiger partial charge < -0.3 is 9.84 Å². The molecule has 0 radical (unpaired) electrons. The predicted molar refractivity (Wildman–Crippen MR) is 101 cm³/mol. The number of hydrogen-bond acceptors (Lipinski definition) is 4. The van der Waals surface area contributed by atoms with Gasteiger partial charge in [0.15, 0.2) is 0 Å². The van der Waals surface area contributed by atoms with E-state index in [1.807, 2.05) is 26.0 Å². The minimum absolute atomic E-state index is 0.0540. The number of rotatable bonds is 5. The van der Waals surface area contributed by atoms with Crippen LogP contribution in [0.15, 0.2) is 41.3 Å². The van der Waals surface area contributed by atoms with Crippen molar-refractivity contribution >= 4 is 10.0 Å². The van der Waals surface area contributed by atoms with Gasteiger partial charge in [-0.05, 0) is 79.6 Å². The van der Waals surface area contributed by atoms with E-state index in [4.69, 9.17) is 4.74 Å². The van der Waals surface area contributed by atoms with Crippen LogP contribution in [0.1, 0.15) is 35.1 Å². The monoisotopic (exact) mass is 375 g/mol. The molecule has 0 saturated carbocycles. The SMILES string of the molecule is COc1ccc2c(c1)CCCC2(O)CNS(=O)(=O)c1ccc(C)c(C)c1. The molecule has 0 heterocycles. The van der Waals surface area contributed by atoms with Crippen molar-refractivity contribution in [3.8, 4) is 5.75 Å². The molecule has 0 saturated heterocycles. The summed E-state index contributed by atoms with van der Waals surface area (Å²) >= 11 is 0. The number of ether oxygens (including phenoxy) is 1. The third-order valence-corrected chi connectivity index (χ3v) is 6.59. The fraction of sp³-hybridized carbons (Fsp3) is 0.400. The van der Waals surface area contributed by atoms with Gasteiger partial charge in [-0.15, -0.1) is 0 Å². The number of nitrogens with one attached hydrogen (secondary N) is 1. The van der Waals surface area contributed by atoms with E-state index in [1.54, 1.807) is 31.4 Å². The molecule has 3 rings (SSSR count). The summed E-state index contributed by atoms with van der Waals surface area (Å²) in [5.41, 5.74) is 2.52. The van der Waals surface area contributed by atoms with Crippen molar-refractivity contribution in [1.29, 1.82) is 0 Å². The lowest BCUT2D eigenvalue weighted by atomic mass is 9.79. The maximum absolute atomic E-state index is 12.7. The first-order valence-corrected chi connectivity index (χ1v) is 10.2. The van der Waals surface area contributed by atoms with Gasteiger partial charge in [-0.3, -0.25) is 0 Å². The van der Waals surface area contributed by atoms with E-state index < -0.39 is 15.6 Å². The maximum atomic E-state index is 12.7. The van der Waals surface area contributed by atoms with Crippen molar-refractivity contribution in [2.45, 2.75) is 43.6 Å². The molecule has 1 atom stereocenters. The highest BCUT2D eigenvalue weighted by molar-refractivity contribution is 7.89. The molecule has 1 unspecified atom stereocenters. The molecule has 5 nitrogen and oxygen atoms in total. The van der Waals surface area contributed by atoms with Gasteiger partial charge in [0.1, 0.15) is 11.4 Å². The van der Waals surface area contributed by atoms with Crippen LogP contribution < -0.4 is 9.46 Å². The molecule has 0 spiro atoms. The van der Waals surface area contributed by atoms with E-state index in [9.17, 15) is 13.5 Å². The summed E-state index contributed by atoms with van der Waals surface area (Å²) in [5.74, 6) is 0.740. The summed E-state index contributed by atoms with van der Waals surface area (Å²) in [6.07, 6.45) is 2.16. The van der Waals surface area contributed by atoms with E-state index >= 15 is 0 Å². The number of fused-ring (bicyclic) bond motifs is 1. The van der Waals surface area contributed by atoms with Gasteiger partial charge in [-0.25, -0.2) is 13.1 Å². The van der Waals surface area contributed by atoms with Crippen molar-refractivity contribution in [1.82, 2.24) is 4.72 Å². The van der Waals surface area contributed by atoms with E-state index in [-0.39, 0.29) is 11.4 Å². The van der Waals surface area contributed by atoms with Gasteiger partial charge in [0.05, 0.1) is 12.0 Å². The van der Waals surface area contributed by atoms with E-state index in [0.717, 1.165) is 40.8 Å². The summed E-state index contributed by atoms with van der Waals surface area (Å²) in [6.45, 7) is 3.77. The average molecular weight is 375 g/mol. The van der Waals surface area contributed by atoms with Crippen LogP contribution in [0.4, 0.5) is 0 Å². The zero-order valence-electron chi connectivity index (χ0n) is 15.4. The van der Waals surface area contributed by atoms with Crippen LogP contribution in [-0.4, -0.2) is 27.2 Å². The molecule has 6 heteroatoms. The summed E-state index contributed by atoms with van der Waals surface area (Å²) < 4.78 is 33.1. The second kappa shape index (κ2) is 7.02. The fourth-order valence-corrected chi connectivity index (χ4v) is 4.60. The largest absolute Gasteiger partial charge is 0.497 e. The van der Waals surface area contributed by atoms with Crippen molar-refractivity contribution in [3.05, 3.63) is 58.7 Å². The standard InChI is InChI=1S/C20H25NO4S/c1-14-6-8-18(11-15(14)2)26(23,24)21-13-20(22)10-4-5-16-12-17(25-3)7-9-19(16)20/h6-9,11-12,21-22H,4-5,10,13H2,1-3H3. The van der Waals surface area contributed by atoms with Crippen LogP contribution in [0.25, 0.3) is 0 Å². The normalized spacial score (nSPS) is 19.8. The molecule has 2 N–H and O–H groups in total. The lowest BCUT2D eigenvalue weighted by molar-refractivity contribution is 0.0242. The fourth-order valence-electron chi connectivity index (χ4n) is 3.43. The first-order chi connectivity index (χ1) is 12.2. The van der Waals surface area contributed by atoms with Crippen molar-refractivity contribution < 1.29 is 18.3 Å². The molecule has 1 aliphatic carbocycles. The minimum Gasteiger partial charge on any atom is -0.497 e. The molecular weight excluding hydrogens is 350 g/mol. The molecule has 0 fully saturated rings. The van der Waals surface area contributed by atoms with Crippen LogP contribution in [0, 0.1) is 13.8 Å². The van der Waals surface area contributed by atoms with Crippen LogP contribution in [0.5, 0.6) is 5.75 Å². The summed E-state index contributed by atoms with van der Waals surface area (Å²) in [7, 11) is -2.08. The molecule has 140 valence electrons. The van der Waals surface area contributed by atoms with Crippen LogP contribution in [0.3, 0.4) is 0 Å². The number of aryl methyl sites for hydroxylation is 3. The minimum atomic E-state index is -3.69. The van der Waals surface area contributed by atoms with Crippen LogP contribution in [0.2, 0.25) is 0 Å². The Morgan fingerprint density at radius 3 is 2.62 bits per heavy atom. The smallest absolute Gasteiger partial charge is 0.240 e. The van der Waals surface area contributed by atoms with Crippen molar-refractivity contribution in [3.63, 3.8) is 0 Å². The Balaban J connectivity index is 1.84. The first-order valence-electron chi connectivity index (χ1n) is 8.72. The third-order valence-electron chi connectivity index (χ3n) is 5.19. The lowest BCUT2D eigenvalue weighted by Crippen LogP contribution is -2.43. The third kappa shape index (κ3) is 3.63. The molecule has 0 bridgehead atoms. The van der Waals surface area contributed by atoms with Gasteiger partial charge in [-0.1, -0.05) is 12.1 Å². The molecule has 2 aromatic carbocycles. The molecule has 26 heavy (non-hydrogen) atoms. The number of aliphatic hydroxyl groups is 1. The number of methoxy groups -OCH3 is 1. The van der Waals surface area contributed by atoms with E-state index in [2.05, 4.69) is 4.72 Å². The Bertz CT molecular complexity index is 923. The zero-order valence-corrected chi connectivity index (χ0v) is 16.2. The molecule has 1 aliphatic rings. The van der Waals surface area contributed by atoms with Crippen molar-refractivity contribution in [2.75, 3.05) is 13.7 Å². The van der Waals surface area contributed by atoms with E-state index in [1.165, 1.54) is 0 Å². The predicted octanol–water partition coefficient (Wildman–Crippen LogP) is 2.81. The highest BCUT2D eigenvalue weighted by atomic mass is 32.2. The summed E-state index contributed by atoms with van der Waals surface area (Å²) in [5, 5.41) is 11.1. The van der Waals surface area contributed by atoms with Gasteiger partial charge in [0.25, 0.3) is 0 Å². The second-order valence-electron chi connectivity index (χ2n) is 6.98. The maximum Gasteiger partial charge on any atom is 0.240 e. The van der Waals surface area contributed by atoms with E-state index in [0.29, 0.717) is 6.42 Å². The Kier molecular flexibility index (Phi) is 5.10. The number of sulfonamides is 1. The lowest BCUT2D eigenvalue weighted by Gasteiger charge is -2.34. The van der Waals surface area contributed by atoms with Gasteiger partial charge in [0, 0.05) is 6.54 Å². The first kappa shape index (κ1) is 18.9. The second-order valence-corrected chi connectivity index (χ2v) is 8.75. The number of hydrogen-bond donors (Lipinski definition) is 2. The molecule has 0 amide bonds. The average Bonchev–Trinajstić information content (AvgIpc) is 2.62. The molecule has 0 aliphatic heterocycles. The Morgan fingerprint density at radius 2 is 1.92 bits per heavy atom. The molecule has 0 aromatic heterocycles. The van der Waals surface area contributed by atoms with Crippen LogP contribution >= 0.6 is 0 Å². The summed E-state index contributed by atoms with van der Waals surface area (Å²) in [6, 6.07) is 10.6. The van der Waals surface area contributed by atoms with Gasteiger partial charge >= 0.3 is 0 Å². The topological polar surface area (TPSA) is 75.6 Å². The summed E-state index contributed by atoms with van der Waals surface area (Å²) in [4.78, 5) is 0.218. The Morgan fingerprint density at radius 1 is 1.15 bits per heavy atom.